The summed E-state index contributed by atoms with van der Waals surface area (Å²) in [6.07, 6.45) is 3.54. The van der Waals surface area contributed by atoms with E-state index in [-0.39, 0.29) is 10.8 Å². The molecule has 0 unspecified atom stereocenters. The van der Waals surface area contributed by atoms with Gasteiger partial charge in [-0.3, -0.25) is 0 Å². The highest BCUT2D eigenvalue weighted by Crippen LogP contribution is 2.46. The highest BCUT2D eigenvalue weighted by Gasteiger charge is 2.42. The van der Waals surface area contributed by atoms with Crippen molar-refractivity contribution in [3.63, 3.8) is 0 Å². The van der Waals surface area contributed by atoms with E-state index in [1.165, 1.54) is 12.8 Å². The lowest BCUT2D eigenvalue weighted by Gasteiger charge is -2.21. The minimum Gasteiger partial charge on any atom is -0.370 e. The number of rotatable bonds is 4. The summed E-state index contributed by atoms with van der Waals surface area (Å²) >= 11 is 0. The normalized spacial score (nSPS) is 17.6. The van der Waals surface area contributed by atoms with Crippen LogP contribution in [0.5, 0.6) is 0 Å². The first-order chi connectivity index (χ1) is 8.35. The molecule has 0 aliphatic heterocycles. The maximum atomic E-state index is 4.80. The Balaban J connectivity index is 2.35. The molecule has 1 aromatic heterocycles. The molecule has 0 saturated heterocycles. The standard InChI is InChI=1S/C15H25N3/c1-6-9-16-12-10-11(14(2,3)4)17-13(18-12)15(5)7-8-15/h10H,6-9H2,1-5H3,(H,16,17,18). The molecular formula is C15H25N3. The SMILES string of the molecule is CCCNc1cc(C(C)(C)C)nc(C2(C)CC2)n1. The van der Waals surface area contributed by atoms with E-state index in [9.17, 15) is 0 Å². The predicted molar refractivity (Wildman–Crippen MR) is 76.1 cm³/mol. The van der Waals surface area contributed by atoms with E-state index in [2.05, 4.69) is 46.0 Å². The molecule has 1 aliphatic carbocycles. The molecule has 1 saturated carbocycles. The van der Waals surface area contributed by atoms with Gasteiger partial charge in [0.25, 0.3) is 0 Å². The molecule has 3 nitrogen and oxygen atoms in total. The van der Waals surface area contributed by atoms with Crippen LogP contribution in [0, 0.1) is 0 Å². The summed E-state index contributed by atoms with van der Waals surface area (Å²) in [7, 11) is 0. The van der Waals surface area contributed by atoms with Gasteiger partial charge in [-0.2, -0.15) is 0 Å². The molecule has 0 aromatic carbocycles. The Bertz CT molecular complexity index is 404. The van der Waals surface area contributed by atoms with Gasteiger partial charge in [-0.15, -0.1) is 0 Å². The van der Waals surface area contributed by atoms with E-state index in [0.29, 0.717) is 0 Å². The zero-order chi connectivity index (χ0) is 13.4. The molecule has 18 heavy (non-hydrogen) atoms. The monoisotopic (exact) mass is 247 g/mol. The van der Waals surface area contributed by atoms with Gasteiger partial charge in [0.15, 0.2) is 0 Å². The minimum absolute atomic E-state index is 0.0750. The Morgan fingerprint density at radius 1 is 1.28 bits per heavy atom. The quantitative estimate of drug-likeness (QED) is 0.882. The summed E-state index contributed by atoms with van der Waals surface area (Å²) in [6.45, 7) is 12.0. The lowest BCUT2D eigenvalue weighted by Crippen LogP contribution is -2.19. The number of nitrogens with one attached hydrogen (secondary N) is 1. The van der Waals surface area contributed by atoms with E-state index < -0.39 is 0 Å². The Labute approximate surface area is 110 Å². The van der Waals surface area contributed by atoms with Gasteiger partial charge in [0, 0.05) is 23.4 Å². The largest absolute Gasteiger partial charge is 0.370 e. The van der Waals surface area contributed by atoms with Crippen molar-refractivity contribution < 1.29 is 0 Å². The number of anilines is 1. The third kappa shape index (κ3) is 2.82. The number of nitrogens with zero attached hydrogens (tertiary/aromatic N) is 2. The van der Waals surface area contributed by atoms with Crippen LogP contribution < -0.4 is 5.32 Å². The Morgan fingerprint density at radius 2 is 1.94 bits per heavy atom. The maximum Gasteiger partial charge on any atom is 0.136 e. The lowest BCUT2D eigenvalue weighted by molar-refractivity contribution is 0.554. The van der Waals surface area contributed by atoms with Crippen molar-refractivity contribution in [1.82, 2.24) is 9.97 Å². The first-order valence-electron chi connectivity index (χ1n) is 6.99. The van der Waals surface area contributed by atoms with Crippen molar-refractivity contribution in [2.75, 3.05) is 11.9 Å². The van der Waals surface area contributed by atoms with Crippen molar-refractivity contribution in [2.45, 2.75) is 64.7 Å². The zero-order valence-electron chi connectivity index (χ0n) is 12.3. The van der Waals surface area contributed by atoms with Crippen LogP contribution in [0.15, 0.2) is 6.07 Å². The highest BCUT2D eigenvalue weighted by atomic mass is 15.0. The van der Waals surface area contributed by atoms with Crippen LogP contribution in [0.3, 0.4) is 0 Å². The van der Waals surface area contributed by atoms with E-state index in [1.807, 2.05) is 0 Å². The average Bonchev–Trinajstić information content (AvgIpc) is 3.04. The molecule has 2 rings (SSSR count). The van der Waals surface area contributed by atoms with Gasteiger partial charge in [0.1, 0.15) is 11.6 Å². The zero-order valence-corrected chi connectivity index (χ0v) is 12.3. The van der Waals surface area contributed by atoms with E-state index >= 15 is 0 Å². The first kappa shape index (κ1) is 13.3. The third-order valence-electron chi connectivity index (χ3n) is 3.59. The summed E-state index contributed by atoms with van der Waals surface area (Å²) in [5.41, 5.74) is 1.44. The molecular weight excluding hydrogens is 222 g/mol. The van der Waals surface area contributed by atoms with Gasteiger partial charge < -0.3 is 5.32 Å². The molecule has 0 radical (unpaired) electrons. The maximum absolute atomic E-state index is 4.80. The molecule has 0 atom stereocenters. The number of aromatic nitrogens is 2. The summed E-state index contributed by atoms with van der Waals surface area (Å²) in [5.74, 6) is 2.01. The average molecular weight is 247 g/mol. The fourth-order valence-corrected chi connectivity index (χ4v) is 1.86. The molecule has 1 fully saturated rings. The summed E-state index contributed by atoms with van der Waals surface area (Å²) < 4.78 is 0. The lowest BCUT2D eigenvalue weighted by atomic mass is 9.91. The van der Waals surface area contributed by atoms with Crippen LogP contribution in [0.2, 0.25) is 0 Å². The predicted octanol–water partition coefficient (Wildman–Crippen LogP) is 3.65. The molecule has 1 N–H and O–H groups in total. The van der Waals surface area contributed by atoms with Crippen LogP contribution in [0.25, 0.3) is 0 Å². The van der Waals surface area contributed by atoms with E-state index in [0.717, 1.165) is 30.3 Å². The smallest absolute Gasteiger partial charge is 0.136 e. The first-order valence-corrected chi connectivity index (χ1v) is 6.99. The molecule has 3 heteroatoms. The minimum atomic E-state index is 0.0750. The highest BCUT2D eigenvalue weighted by molar-refractivity contribution is 5.39. The fourth-order valence-electron chi connectivity index (χ4n) is 1.86. The van der Waals surface area contributed by atoms with Crippen LogP contribution in [-0.2, 0) is 10.8 Å². The van der Waals surface area contributed by atoms with Crippen molar-refractivity contribution >= 4 is 5.82 Å². The van der Waals surface area contributed by atoms with Crippen molar-refractivity contribution in [3.05, 3.63) is 17.6 Å². The molecule has 100 valence electrons. The van der Waals surface area contributed by atoms with Crippen molar-refractivity contribution in [1.29, 1.82) is 0 Å². The summed E-state index contributed by atoms with van der Waals surface area (Å²) in [4.78, 5) is 9.49. The second-order valence-electron chi connectivity index (χ2n) is 6.70. The van der Waals surface area contributed by atoms with Gasteiger partial charge in [-0.25, -0.2) is 9.97 Å². The second-order valence-corrected chi connectivity index (χ2v) is 6.70. The molecule has 0 amide bonds. The number of hydrogen-bond acceptors (Lipinski definition) is 3. The molecule has 0 spiro atoms. The van der Waals surface area contributed by atoms with Crippen LogP contribution in [-0.4, -0.2) is 16.5 Å². The van der Waals surface area contributed by atoms with Crippen molar-refractivity contribution in [3.8, 4) is 0 Å². The second kappa shape index (κ2) is 4.52. The Kier molecular flexibility index (Phi) is 3.35. The summed E-state index contributed by atoms with van der Waals surface area (Å²) in [5, 5.41) is 3.40. The number of hydrogen-bond donors (Lipinski definition) is 1. The van der Waals surface area contributed by atoms with Gasteiger partial charge in [0.2, 0.25) is 0 Å². The van der Waals surface area contributed by atoms with Crippen LogP contribution in [0.4, 0.5) is 5.82 Å². The Hall–Kier alpha value is -1.12. The fraction of sp³-hybridized carbons (Fsp3) is 0.733. The molecule has 1 aliphatic rings. The van der Waals surface area contributed by atoms with Crippen LogP contribution >= 0.6 is 0 Å². The summed E-state index contributed by atoms with van der Waals surface area (Å²) in [6, 6.07) is 2.10. The molecule has 1 heterocycles. The molecule has 0 bridgehead atoms. The topological polar surface area (TPSA) is 37.8 Å². The Morgan fingerprint density at radius 3 is 2.44 bits per heavy atom. The van der Waals surface area contributed by atoms with Gasteiger partial charge >= 0.3 is 0 Å². The van der Waals surface area contributed by atoms with Crippen molar-refractivity contribution in [2.24, 2.45) is 0 Å². The third-order valence-corrected chi connectivity index (χ3v) is 3.59. The molecule has 1 aromatic rings. The van der Waals surface area contributed by atoms with E-state index in [1.54, 1.807) is 0 Å². The van der Waals surface area contributed by atoms with Gasteiger partial charge in [-0.05, 0) is 19.3 Å². The van der Waals surface area contributed by atoms with Gasteiger partial charge in [0.05, 0.1) is 5.69 Å². The van der Waals surface area contributed by atoms with E-state index in [4.69, 9.17) is 9.97 Å². The van der Waals surface area contributed by atoms with Gasteiger partial charge in [-0.1, -0.05) is 34.6 Å². The van der Waals surface area contributed by atoms with Crippen LogP contribution in [0.1, 0.15) is 65.4 Å².